The second-order valence-electron chi connectivity index (χ2n) is 5.01. The number of hydrogen-bond donors (Lipinski definition) is 1. The quantitative estimate of drug-likeness (QED) is 0.882. The van der Waals surface area contributed by atoms with E-state index < -0.39 is 0 Å². The zero-order chi connectivity index (χ0) is 15.2. The van der Waals surface area contributed by atoms with Gasteiger partial charge >= 0.3 is 0 Å². The molecule has 0 radical (unpaired) electrons. The average molecular weight is 288 g/mol. The van der Waals surface area contributed by atoms with Crippen molar-refractivity contribution in [3.63, 3.8) is 0 Å². The normalized spacial score (nSPS) is 12.4. The van der Waals surface area contributed by atoms with Crippen molar-refractivity contribution in [1.82, 2.24) is 20.1 Å². The molecule has 6 heteroatoms. The van der Waals surface area contributed by atoms with Crippen molar-refractivity contribution in [2.24, 2.45) is 0 Å². The topological polar surface area (TPSA) is 69.0 Å². The zero-order valence-electron chi connectivity index (χ0n) is 12.5. The Morgan fingerprint density at radius 2 is 2.19 bits per heavy atom. The lowest BCUT2D eigenvalue weighted by Gasteiger charge is -2.16. The summed E-state index contributed by atoms with van der Waals surface area (Å²) in [5, 5.41) is 7.16. The molecule has 2 rings (SSSR count). The number of nitrogens with one attached hydrogen (secondary N) is 1. The number of aromatic nitrogens is 3. The fourth-order valence-electron chi connectivity index (χ4n) is 1.93. The molecule has 2 aromatic heterocycles. The lowest BCUT2D eigenvalue weighted by molar-refractivity contribution is 0.0888. The number of nitrogens with zero attached hydrogens (tertiary/aromatic N) is 3. The van der Waals surface area contributed by atoms with Crippen LogP contribution >= 0.6 is 0 Å². The Morgan fingerprint density at radius 3 is 2.76 bits per heavy atom. The molecular weight excluding hydrogens is 268 g/mol. The summed E-state index contributed by atoms with van der Waals surface area (Å²) in [6.45, 7) is 4.38. The van der Waals surface area contributed by atoms with E-state index in [-0.39, 0.29) is 18.0 Å². The van der Waals surface area contributed by atoms with E-state index in [1.54, 1.807) is 30.3 Å². The van der Waals surface area contributed by atoms with Gasteiger partial charge in [0, 0.05) is 25.5 Å². The van der Waals surface area contributed by atoms with E-state index >= 15 is 0 Å². The van der Waals surface area contributed by atoms with Gasteiger partial charge in [0.1, 0.15) is 5.69 Å². The van der Waals surface area contributed by atoms with Gasteiger partial charge in [-0.15, -0.1) is 0 Å². The Morgan fingerprint density at radius 1 is 1.38 bits per heavy atom. The number of ether oxygens (including phenoxy) is 1. The van der Waals surface area contributed by atoms with Crippen LogP contribution in [-0.4, -0.2) is 34.4 Å². The highest BCUT2D eigenvalue weighted by Crippen LogP contribution is 2.11. The largest absolute Gasteiger partial charge is 0.382 e. The Bertz CT molecular complexity index is 580. The molecule has 0 bridgehead atoms. The Hall–Kier alpha value is -2.21. The van der Waals surface area contributed by atoms with Crippen LogP contribution < -0.4 is 5.32 Å². The van der Waals surface area contributed by atoms with Gasteiger partial charge < -0.3 is 10.1 Å². The number of carbonyl (C=O) groups is 1. The predicted octanol–water partition coefficient (Wildman–Crippen LogP) is 1.98. The molecule has 0 aliphatic heterocycles. The first-order valence-electron chi connectivity index (χ1n) is 6.87. The maximum absolute atomic E-state index is 12.3. The monoisotopic (exact) mass is 288 g/mol. The number of amides is 1. The second kappa shape index (κ2) is 6.99. The van der Waals surface area contributed by atoms with Crippen LogP contribution in [0.1, 0.15) is 42.1 Å². The molecule has 6 nitrogen and oxygen atoms in total. The van der Waals surface area contributed by atoms with Crippen LogP contribution in [0.15, 0.2) is 36.7 Å². The van der Waals surface area contributed by atoms with E-state index in [4.69, 9.17) is 4.74 Å². The van der Waals surface area contributed by atoms with Crippen molar-refractivity contribution in [1.29, 1.82) is 0 Å². The van der Waals surface area contributed by atoms with E-state index in [1.807, 2.05) is 32.0 Å². The number of hydrogen-bond acceptors (Lipinski definition) is 4. The third-order valence-corrected chi connectivity index (χ3v) is 3.05. The van der Waals surface area contributed by atoms with Crippen LogP contribution in [-0.2, 0) is 4.74 Å². The number of rotatable bonds is 6. The summed E-state index contributed by atoms with van der Waals surface area (Å²) in [4.78, 5) is 16.5. The predicted molar refractivity (Wildman–Crippen MR) is 78.9 cm³/mol. The van der Waals surface area contributed by atoms with E-state index in [0.29, 0.717) is 12.3 Å². The van der Waals surface area contributed by atoms with Gasteiger partial charge in [-0.05, 0) is 32.0 Å². The first-order chi connectivity index (χ1) is 10.1. The number of pyridine rings is 1. The van der Waals surface area contributed by atoms with Crippen molar-refractivity contribution < 1.29 is 9.53 Å². The Labute approximate surface area is 124 Å². The Kier molecular flexibility index (Phi) is 5.05. The van der Waals surface area contributed by atoms with Crippen molar-refractivity contribution in [3.8, 4) is 0 Å². The molecule has 0 saturated carbocycles. The highest BCUT2D eigenvalue weighted by atomic mass is 16.5. The maximum atomic E-state index is 12.3. The van der Waals surface area contributed by atoms with Crippen LogP contribution in [0.5, 0.6) is 0 Å². The molecule has 2 aromatic rings. The van der Waals surface area contributed by atoms with Crippen molar-refractivity contribution >= 4 is 5.91 Å². The highest BCUT2D eigenvalue weighted by molar-refractivity contribution is 5.92. The lowest BCUT2D eigenvalue weighted by atomic mass is 10.2. The molecule has 0 aliphatic rings. The molecule has 21 heavy (non-hydrogen) atoms. The van der Waals surface area contributed by atoms with E-state index in [0.717, 1.165) is 5.69 Å². The van der Waals surface area contributed by atoms with Crippen LogP contribution in [0.3, 0.4) is 0 Å². The van der Waals surface area contributed by atoms with Crippen molar-refractivity contribution in [2.45, 2.75) is 25.9 Å². The van der Waals surface area contributed by atoms with Gasteiger partial charge in [0.05, 0.1) is 18.3 Å². The average Bonchev–Trinajstić information content (AvgIpc) is 2.98. The smallest absolute Gasteiger partial charge is 0.272 e. The first-order valence-corrected chi connectivity index (χ1v) is 6.87. The third kappa shape index (κ3) is 3.88. The minimum atomic E-state index is -0.298. The van der Waals surface area contributed by atoms with Gasteiger partial charge in [-0.25, -0.2) is 0 Å². The van der Waals surface area contributed by atoms with E-state index in [9.17, 15) is 4.79 Å². The molecule has 1 unspecified atom stereocenters. The summed E-state index contributed by atoms with van der Waals surface area (Å²) in [5.41, 5.74) is 1.15. The van der Waals surface area contributed by atoms with Crippen LogP contribution in [0.4, 0.5) is 0 Å². The number of carbonyl (C=O) groups excluding carboxylic acids is 1. The van der Waals surface area contributed by atoms with Crippen LogP contribution in [0, 0.1) is 0 Å². The number of methoxy groups -OCH3 is 1. The minimum absolute atomic E-state index is 0.220. The molecule has 1 atom stereocenters. The molecule has 0 aliphatic carbocycles. The van der Waals surface area contributed by atoms with Gasteiger partial charge in [0.2, 0.25) is 0 Å². The van der Waals surface area contributed by atoms with Crippen LogP contribution in [0.2, 0.25) is 0 Å². The van der Waals surface area contributed by atoms with Crippen molar-refractivity contribution in [2.75, 3.05) is 13.7 Å². The van der Waals surface area contributed by atoms with Gasteiger partial charge in [0.25, 0.3) is 5.91 Å². The first kappa shape index (κ1) is 15.2. The molecule has 0 spiro atoms. The fourth-order valence-corrected chi connectivity index (χ4v) is 1.93. The summed E-state index contributed by atoms with van der Waals surface area (Å²) in [7, 11) is 1.59. The Balaban J connectivity index is 2.11. The third-order valence-electron chi connectivity index (χ3n) is 3.05. The van der Waals surface area contributed by atoms with Crippen LogP contribution in [0.25, 0.3) is 0 Å². The molecule has 0 saturated heterocycles. The minimum Gasteiger partial charge on any atom is -0.382 e. The standard InChI is InChI=1S/C15H20N4O2/c1-11(2)19-9-7-13(18-19)15(20)17-14(10-21-3)12-6-4-5-8-16-12/h4-9,11,14H,10H2,1-3H3,(H,17,20). The van der Waals surface area contributed by atoms with Crippen molar-refractivity contribution in [3.05, 3.63) is 48.0 Å². The molecule has 0 fully saturated rings. The van der Waals surface area contributed by atoms with Gasteiger partial charge in [0.15, 0.2) is 0 Å². The molecule has 1 N–H and O–H groups in total. The molecule has 2 heterocycles. The SMILES string of the molecule is COCC(NC(=O)c1ccn(C(C)C)n1)c1ccccn1. The summed E-state index contributed by atoms with van der Waals surface area (Å²) in [6, 6.07) is 7.20. The second-order valence-corrected chi connectivity index (χ2v) is 5.01. The van der Waals surface area contributed by atoms with Gasteiger partial charge in [-0.3, -0.25) is 14.5 Å². The lowest BCUT2D eigenvalue weighted by Crippen LogP contribution is -2.32. The highest BCUT2D eigenvalue weighted by Gasteiger charge is 2.18. The van der Waals surface area contributed by atoms with Gasteiger partial charge in [-0.2, -0.15) is 5.10 Å². The molecule has 112 valence electrons. The summed E-state index contributed by atoms with van der Waals surface area (Å²) < 4.78 is 6.91. The van der Waals surface area contributed by atoms with E-state index in [2.05, 4.69) is 15.4 Å². The maximum Gasteiger partial charge on any atom is 0.272 e. The molecular formula is C15H20N4O2. The molecule has 1 amide bonds. The fraction of sp³-hybridized carbons (Fsp3) is 0.400. The van der Waals surface area contributed by atoms with Gasteiger partial charge in [-0.1, -0.05) is 6.07 Å². The van der Waals surface area contributed by atoms with E-state index in [1.165, 1.54) is 0 Å². The molecule has 0 aromatic carbocycles. The summed E-state index contributed by atoms with van der Waals surface area (Å²) in [6.07, 6.45) is 3.49. The summed E-state index contributed by atoms with van der Waals surface area (Å²) in [5.74, 6) is -0.234. The zero-order valence-corrected chi connectivity index (χ0v) is 12.5. The summed E-state index contributed by atoms with van der Waals surface area (Å²) >= 11 is 0.